The molecule has 1 saturated carbocycles. The Kier molecular flexibility index (Phi) is 4.86. The minimum absolute atomic E-state index is 0.0664. The van der Waals surface area contributed by atoms with Crippen molar-refractivity contribution in [2.24, 2.45) is 0 Å². The number of halogens is 1. The maximum atomic E-state index is 11.0. The van der Waals surface area contributed by atoms with Gasteiger partial charge in [-0.2, -0.15) is 0 Å². The van der Waals surface area contributed by atoms with E-state index >= 15 is 0 Å². The molecule has 0 spiro atoms. The van der Waals surface area contributed by atoms with Crippen molar-refractivity contribution in [3.05, 3.63) is 20.8 Å². The number of rotatable bonds is 4. The van der Waals surface area contributed by atoms with E-state index in [4.69, 9.17) is 0 Å². The Hall–Kier alpha value is 0.1000. The van der Waals surface area contributed by atoms with Gasteiger partial charge in [-0.25, -0.2) is 0 Å². The van der Waals surface area contributed by atoms with Gasteiger partial charge >= 0.3 is 0 Å². The lowest BCUT2D eigenvalue weighted by atomic mass is 9.84. The molecule has 1 saturated heterocycles. The Balaban J connectivity index is 1.75. The highest BCUT2D eigenvalue weighted by atomic mass is 79.9. The number of hydrogen-bond acceptors (Lipinski definition) is 3. The highest BCUT2D eigenvalue weighted by Gasteiger charge is 2.45. The summed E-state index contributed by atoms with van der Waals surface area (Å²) in [6.07, 6.45) is 9.49. The lowest BCUT2D eigenvalue weighted by Gasteiger charge is -2.46. The van der Waals surface area contributed by atoms with Gasteiger partial charge in [0.2, 0.25) is 0 Å². The van der Waals surface area contributed by atoms with Crippen LogP contribution in [0.25, 0.3) is 0 Å². The molecule has 1 aromatic rings. The third kappa shape index (κ3) is 2.99. The van der Waals surface area contributed by atoms with Crippen LogP contribution in [0, 0.1) is 0 Å². The molecule has 2 fully saturated rings. The number of nitrogens with zero attached hydrogens (tertiary/aromatic N) is 1. The van der Waals surface area contributed by atoms with E-state index in [2.05, 4.69) is 33.0 Å². The molecule has 3 rings (SSSR count). The van der Waals surface area contributed by atoms with E-state index in [9.17, 15) is 5.11 Å². The van der Waals surface area contributed by atoms with Gasteiger partial charge in [0.05, 0.1) is 9.89 Å². The molecule has 1 aromatic heterocycles. The molecule has 0 aromatic carbocycles. The largest absolute Gasteiger partial charge is 0.391 e. The standard InChI is InChI=1S/C16H24BrNOS/c17-15-7-6-13(20-15)12-14(19)16(8-2-3-9-16)18-10-4-1-5-11-18/h6-7,14,19H,1-5,8-12H2. The Morgan fingerprint density at radius 3 is 2.45 bits per heavy atom. The van der Waals surface area contributed by atoms with Crippen LogP contribution in [0.5, 0.6) is 0 Å². The first-order valence-corrected chi connectivity index (χ1v) is 9.49. The number of aliphatic hydroxyl groups is 1. The molecule has 0 radical (unpaired) electrons. The summed E-state index contributed by atoms with van der Waals surface area (Å²) in [4.78, 5) is 3.92. The molecule has 1 N–H and O–H groups in total. The summed E-state index contributed by atoms with van der Waals surface area (Å²) < 4.78 is 1.16. The SMILES string of the molecule is OC(Cc1ccc(Br)s1)C1(N2CCCCC2)CCCC1. The molecule has 1 unspecified atom stereocenters. The maximum Gasteiger partial charge on any atom is 0.0771 e. The van der Waals surface area contributed by atoms with Crippen molar-refractivity contribution in [3.8, 4) is 0 Å². The maximum absolute atomic E-state index is 11.0. The van der Waals surface area contributed by atoms with E-state index in [1.54, 1.807) is 11.3 Å². The zero-order valence-corrected chi connectivity index (χ0v) is 14.4. The fraction of sp³-hybridized carbons (Fsp3) is 0.750. The van der Waals surface area contributed by atoms with Crippen LogP contribution in [0.2, 0.25) is 0 Å². The van der Waals surface area contributed by atoms with Gasteiger partial charge in [0.15, 0.2) is 0 Å². The van der Waals surface area contributed by atoms with Crippen LogP contribution in [0.3, 0.4) is 0 Å². The van der Waals surface area contributed by atoms with Crippen LogP contribution < -0.4 is 0 Å². The summed E-state index contributed by atoms with van der Waals surface area (Å²) in [5.74, 6) is 0. The number of thiophene rings is 1. The van der Waals surface area contributed by atoms with Crippen LogP contribution in [0.4, 0.5) is 0 Å². The average molecular weight is 358 g/mol. The van der Waals surface area contributed by atoms with Crippen molar-refractivity contribution < 1.29 is 5.11 Å². The second kappa shape index (κ2) is 6.47. The van der Waals surface area contributed by atoms with Crippen LogP contribution in [0.15, 0.2) is 15.9 Å². The highest BCUT2D eigenvalue weighted by Crippen LogP contribution is 2.41. The second-order valence-corrected chi connectivity index (χ2v) is 8.83. The fourth-order valence-electron chi connectivity index (χ4n) is 4.03. The monoisotopic (exact) mass is 357 g/mol. The summed E-state index contributed by atoms with van der Waals surface area (Å²) in [6, 6.07) is 4.24. The van der Waals surface area contributed by atoms with E-state index in [0.717, 1.165) is 10.2 Å². The van der Waals surface area contributed by atoms with Gasteiger partial charge in [-0.1, -0.05) is 19.3 Å². The Labute approximate surface area is 134 Å². The number of piperidine rings is 1. The van der Waals surface area contributed by atoms with Gasteiger partial charge < -0.3 is 5.11 Å². The predicted molar refractivity (Wildman–Crippen MR) is 88.4 cm³/mol. The van der Waals surface area contributed by atoms with Crippen molar-refractivity contribution in [2.75, 3.05) is 13.1 Å². The van der Waals surface area contributed by atoms with Crippen molar-refractivity contribution in [3.63, 3.8) is 0 Å². The first kappa shape index (κ1) is 15.0. The summed E-state index contributed by atoms with van der Waals surface area (Å²) in [5, 5.41) is 11.0. The summed E-state index contributed by atoms with van der Waals surface area (Å²) in [6.45, 7) is 2.37. The van der Waals surface area contributed by atoms with Crippen molar-refractivity contribution in [2.45, 2.75) is 63.0 Å². The molecule has 112 valence electrons. The van der Waals surface area contributed by atoms with Crippen LogP contribution >= 0.6 is 27.3 Å². The van der Waals surface area contributed by atoms with E-state index in [1.807, 2.05) is 0 Å². The van der Waals surface area contributed by atoms with Gasteiger partial charge in [-0.15, -0.1) is 11.3 Å². The predicted octanol–water partition coefficient (Wildman–Crippen LogP) is 4.21. The van der Waals surface area contributed by atoms with Gasteiger partial charge in [0, 0.05) is 16.8 Å². The zero-order valence-electron chi connectivity index (χ0n) is 12.0. The first-order valence-electron chi connectivity index (χ1n) is 7.88. The molecular weight excluding hydrogens is 334 g/mol. The summed E-state index contributed by atoms with van der Waals surface area (Å²) in [7, 11) is 0. The van der Waals surface area contributed by atoms with Crippen LogP contribution in [0.1, 0.15) is 49.8 Å². The van der Waals surface area contributed by atoms with E-state index < -0.39 is 0 Å². The molecule has 1 aliphatic heterocycles. The van der Waals surface area contributed by atoms with Gasteiger partial charge in [0.1, 0.15) is 0 Å². The highest BCUT2D eigenvalue weighted by molar-refractivity contribution is 9.11. The molecule has 1 atom stereocenters. The number of likely N-dealkylation sites (tertiary alicyclic amines) is 1. The molecule has 0 amide bonds. The van der Waals surface area contributed by atoms with Crippen molar-refractivity contribution in [1.29, 1.82) is 0 Å². The Bertz CT molecular complexity index is 435. The third-order valence-corrected chi connectivity index (χ3v) is 6.74. The first-order chi connectivity index (χ1) is 9.71. The van der Waals surface area contributed by atoms with Crippen molar-refractivity contribution >= 4 is 27.3 Å². The molecule has 2 heterocycles. The minimum atomic E-state index is -0.214. The fourth-order valence-corrected chi connectivity index (χ4v) is 5.55. The summed E-state index contributed by atoms with van der Waals surface area (Å²) in [5.41, 5.74) is 0.0664. The average Bonchev–Trinajstić information content (AvgIpc) is 3.10. The normalized spacial score (nSPS) is 24.9. The van der Waals surface area contributed by atoms with Gasteiger partial charge in [-0.3, -0.25) is 4.90 Å². The number of aliphatic hydroxyl groups excluding tert-OH is 1. The van der Waals surface area contributed by atoms with E-state index in [-0.39, 0.29) is 11.6 Å². The Morgan fingerprint density at radius 2 is 1.85 bits per heavy atom. The third-order valence-electron chi connectivity index (χ3n) is 5.10. The lowest BCUT2D eigenvalue weighted by molar-refractivity contribution is -0.0377. The quantitative estimate of drug-likeness (QED) is 0.872. The lowest BCUT2D eigenvalue weighted by Crippen LogP contribution is -2.57. The molecule has 2 aliphatic rings. The molecule has 0 bridgehead atoms. The second-order valence-electron chi connectivity index (χ2n) is 6.28. The van der Waals surface area contributed by atoms with Gasteiger partial charge in [0.25, 0.3) is 0 Å². The van der Waals surface area contributed by atoms with Crippen molar-refractivity contribution in [1.82, 2.24) is 4.90 Å². The summed E-state index contributed by atoms with van der Waals surface area (Å²) >= 11 is 5.28. The smallest absolute Gasteiger partial charge is 0.0771 e. The topological polar surface area (TPSA) is 23.5 Å². The van der Waals surface area contributed by atoms with Gasteiger partial charge in [-0.05, 0) is 66.8 Å². The molecule has 20 heavy (non-hydrogen) atoms. The molecular formula is C16H24BrNOS. The zero-order chi connectivity index (χ0) is 14.0. The molecule has 1 aliphatic carbocycles. The Morgan fingerprint density at radius 1 is 1.15 bits per heavy atom. The minimum Gasteiger partial charge on any atom is -0.391 e. The molecule has 4 heteroatoms. The number of hydrogen-bond donors (Lipinski definition) is 1. The van der Waals surface area contributed by atoms with Crippen LogP contribution in [-0.2, 0) is 6.42 Å². The van der Waals surface area contributed by atoms with E-state index in [0.29, 0.717) is 0 Å². The molecule has 2 nitrogen and oxygen atoms in total. The van der Waals surface area contributed by atoms with E-state index in [1.165, 1.54) is 62.9 Å². The van der Waals surface area contributed by atoms with Crippen LogP contribution in [-0.4, -0.2) is 34.7 Å².